The van der Waals surface area contributed by atoms with Crippen molar-refractivity contribution in [2.75, 3.05) is 11.9 Å². The van der Waals surface area contributed by atoms with Crippen molar-refractivity contribution in [3.05, 3.63) is 39.1 Å². The van der Waals surface area contributed by atoms with Crippen LogP contribution < -0.4 is 10.1 Å². The first-order chi connectivity index (χ1) is 9.97. The third kappa shape index (κ3) is 2.58. The Kier molecular flexibility index (Phi) is 3.76. The first kappa shape index (κ1) is 14.5. The normalized spacial score (nSPS) is 17.3. The van der Waals surface area contributed by atoms with Gasteiger partial charge in [-0.3, -0.25) is 4.68 Å². The minimum absolute atomic E-state index is 0.117. The van der Waals surface area contributed by atoms with Gasteiger partial charge in [0.25, 0.3) is 0 Å². The summed E-state index contributed by atoms with van der Waals surface area (Å²) in [5.41, 5.74) is 4.15. The van der Waals surface area contributed by atoms with E-state index < -0.39 is 0 Å². The molecule has 4 nitrogen and oxygen atoms in total. The van der Waals surface area contributed by atoms with Crippen molar-refractivity contribution in [3.63, 3.8) is 0 Å². The summed E-state index contributed by atoms with van der Waals surface area (Å²) in [4.78, 5) is 0. The average molecular weight is 326 g/mol. The summed E-state index contributed by atoms with van der Waals surface area (Å²) in [6.07, 6.45) is 0.859. The van der Waals surface area contributed by atoms with Gasteiger partial charge in [0, 0.05) is 24.1 Å². The van der Waals surface area contributed by atoms with Crippen molar-refractivity contribution in [2.45, 2.75) is 26.3 Å². The molecule has 1 aliphatic rings. The van der Waals surface area contributed by atoms with Crippen molar-refractivity contribution < 1.29 is 4.74 Å². The molecule has 1 aromatic heterocycles. The number of rotatable bonds is 2. The van der Waals surface area contributed by atoms with Crippen LogP contribution in [0.25, 0.3) is 0 Å². The van der Waals surface area contributed by atoms with Gasteiger partial charge in [-0.15, -0.1) is 0 Å². The first-order valence-corrected chi connectivity index (χ1v) is 7.61. The zero-order chi connectivity index (χ0) is 15.1. The van der Waals surface area contributed by atoms with Crippen molar-refractivity contribution >= 4 is 28.9 Å². The number of anilines is 1. The van der Waals surface area contributed by atoms with E-state index in [0.717, 1.165) is 34.8 Å². The summed E-state index contributed by atoms with van der Waals surface area (Å²) in [7, 11) is 1.94. The number of hydrogen-bond donors (Lipinski definition) is 1. The molecule has 2 aromatic rings. The highest BCUT2D eigenvalue weighted by atomic mass is 35.5. The second-order valence-electron chi connectivity index (χ2n) is 5.31. The molecule has 1 unspecified atom stereocenters. The predicted molar refractivity (Wildman–Crippen MR) is 85.6 cm³/mol. The molecule has 21 heavy (non-hydrogen) atoms. The van der Waals surface area contributed by atoms with E-state index in [4.69, 9.17) is 27.9 Å². The lowest BCUT2D eigenvalue weighted by Crippen LogP contribution is -2.21. The molecule has 1 atom stereocenters. The average Bonchev–Trinajstić information content (AvgIpc) is 2.66. The van der Waals surface area contributed by atoms with Crippen LogP contribution in [-0.4, -0.2) is 16.4 Å². The number of hydrogen-bond acceptors (Lipinski definition) is 3. The Hall–Kier alpha value is -1.39. The van der Waals surface area contributed by atoms with E-state index in [-0.39, 0.29) is 6.04 Å². The number of fused-ring (bicyclic) bond motifs is 1. The molecule has 0 fully saturated rings. The molecule has 0 amide bonds. The van der Waals surface area contributed by atoms with Crippen LogP contribution in [0, 0.1) is 13.8 Å². The van der Waals surface area contributed by atoms with Gasteiger partial charge < -0.3 is 10.1 Å². The molecule has 0 aliphatic carbocycles. The number of aryl methyl sites for hydroxylation is 2. The predicted octanol–water partition coefficient (Wildman–Crippen LogP) is 4.28. The SMILES string of the molecule is Cc1nn(C)c(C)c1NC1CCOc2c(Cl)cc(Cl)cc21. The third-order valence-electron chi connectivity index (χ3n) is 3.89. The molecular weight excluding hydrogens is 309 g/mol. The summed E-state index contributed by atoms with van der Waals surface area (Å²) < 4.78 is 7.57. The second-order valence-corrected chi connectivity index (χ2v) is 6.15. The molecule has 1 N–H and O–H groups in total. The number of ether oxygens (including phenoxy) is 1. The lowest BCUT2D eigenvalue weighted by molar-refractivity contribution is 0.274. The van der Waals surface area contributed by atoms with E-state index >= 15 is 0 Å². The van der Waals surface area contributed by atoms with Gasteiger partial charge in [-0.25, -0.2) is 0 Å². The van der Waals surface area contributed by atoms with Crippen LogP contribution in [0.4, 0.5) is 5.69 Å². The quantitative estimate of drug-likeness (QED) is 0.895. The van der Waals surface area contributed by atoms with Gasteiger partial charge in [0.1, 0.15) is 5.75 Å². The van der Waals surface area contributed by atoms with Crippen molar-refractivity contribution in [3.8, 4) is 5.75 Å². The van der Waals surface area contributed by atoms with Crippen LogP contribution in [0.2, 0.25) is 10.0 Å². The maximum absolute atomic E-state index is 6.23. The fourth-order valence-electron chi connectivity index (χ4n) is 2.73. The zero-order valence-electron chi connectivity index (χ0n) is 12.2. The molecule has 112 valence electrons. The number of nitrogens with zero attached hydrogens (tertiary/aromatic N) is 2. The van der Waals surface area contributed by atoms with E-state index in [0.29, 0.717) is 16.7 Å². The number of benzene rings is 1. The Labute approximate surface area is 134 Å². The molecule has 0 spiro atoms. The van der Waals surface area contributed by atoms with Crippen LogP contribution >= 0.6 is 23.2 Å². The maximum Gasteiger partial charge on any atom is 0.143 e. The lowest BCUT2D eigenvalue weighted by atomic mass is 10.00. The number of aromatic nitrogens is 2. The molecule has 6 heteroatoms. The Balaban J connectivity index is 1.99. The summed E-state index contributed by atoms with van der Waals surface area (Å²) in [6, 6.07) is 3.75. The Morgan fingerprint density at radius 2 is 2.10 bits per heavy atom. The molecular formula is C15H17Cl2N3O. The summed E-state index contributed by atoms with van der Waals surface area (Å²) in [6.45, 7) is 4.68. The molecule has 1 aliphatic heterocycles. The van der Waals surface area contributed by atoms with E-state index in [1.807, 2.05) is 31.6 Å². The molecule has 0 saturated carbocycles. The minimum Gasteiger partial charge on any atom is -0.492 e. The maximum atomic E-state index is 6.23. The topological polar surface area (TPSA) is 39.1 Å². The van der Waals surface area contributed by atoms with E-state index in [1.54, 1.807) is 6.07 Å². The summed E-state index contributed by atoms with van der Waals surface area (Å²) >= 11 is 12.4. The Bertz CT molecular complexity index is 697. The first-order valence-electron chi connectivity index (χ1n) is 6.86. The van der Waals surface area contributed by atoms with Gasteiger partial charge in [-0.2, -0.15) is 5.10 Å². The van der Waals surface area contributed by atoms with Crippen molar-refractivity contribution in [1.82, 2.24) is 9.78 Å². The van der Waals surface area contributed by atoms with Crippen LogP contribution in [0.1, 0.15) is 29.4 Å². The molecule has 3 rings (SSSR count). The van der Waals surface area contributed by atoms with Gasteiger partial charge in [0.2, 0.25) is 0 Å². The fourth-order valence-corrected chi connectivity index (χ4v) is 3.30. The van der Waals surface area contributed by atoms with E-state index in [2.05, 4.69) is 10.4 Å². The van der Waals surface area contributed by atoms with Gasteiger partial charge in [-0.05, 0) is 26.0 Å². The second kappa shape index (κ2) is 5.43. The van der Waals surface area contributed by atoms with Crippen LogP contribution in [0.5, 0.6) is 5.75 Å². The van der Waals surface area contributed by atoms with Crippen LogP contribution in [0.15, 0.2) is 12.1 Å². The molecule has 2 heterocycles. The molecule has 0 saturated heterocycles. The summed E-state index contributed by atoms with van der Waals surface area (Å²) in [5.74, 6) is 0.726. The molecule has 0 radical (unpaired) electrons. The van der Waals surface area contributed by atoms with Gasteiger partial charge >= 0.3 is 0 Å². The summed E-state index contributed by atoms with van der Waals surface area (Å²) in [5, 5.41) is 9.19. The highest BCUT2D eigenvalue weighted by Crippen LogP contribution is 2.41. The third-order valence-corrected chi connectivity index (χ3v) is 4.39. The lowest BCUT2D eigenvalue weighted by Gasteiger charge is -2.28. The smallest absolute Gasteiger partial charge is 0.143 e. The van der Waals surface area contributed by atoms with Gasteiger partial charge in [0.15, 0.2) is 0 Å². The van der Waals surface area contributed by atoms with Crippen molar-refractivity contribution in [1.29, 1.82) is 0 Å². The number of halogens is 2. The highest BCUT2D eigenvalue weighted by Gasteiger charge is 2.25. The van der Waals surface area contributed by atoms with E-state index in [1.165, 1.54) is 0 Å². The number of nitrogens with one attached hydrogen (secondary N) is 1. The Morgan fingerprint density at radius 1 is 1.33 bits per heavy atom. The van der Waals surface area contributed by atoms with Gasteiger partial charge in [0.05, 0.1) is 34.7 Å². The van der Waals surface area contributed by atoms with Gasteiger partial charge in [-0.1, -0.05) is 23.2 Å². The molecule has 1 aromatic carbocycles. The van der Waals surface area contributed by atoms with Crippen molar-refractivity contribution in [2.24, 2.45) is 7.05 Å². The van der Waals surface area contributed by atoms with Crippen LogP contribution in [0.3, 0.4) is 0 Å². The van der Waals surface area contributed by atoms with E-state index in [9.17, 15) is 0 Å². The Morgan fingerprint density at radius 3 is 2.76 bits per heavy atom. The zero-order valence-corrected chi connectivity index (χ0v) is 13.7. The largest absolute Gasteiger partial charge is 0.492 e. The minimum atomic E-state index is 0.117. The standard InChI is InChI=1S/C15H17Cl2N3O/c1-8-14(9(2)20(3)19-8)18-13-4-5-21-15-11(13)6-10(16)7-12(15)17/h6-7,13,18H,4-5H2,1-3H3. The highest BCUT2D eigenvalue weighted by molar-refractivity contribution is 6.35. The monoisotopic (exact) mass is 325 g/mol. The molecule has 0 bridgehead atoms. The van der Waals surface area contributed by atoms with Crippen LogP contribution in [-0.2, 0) is 7.05 Å². The fraction of sp³-hybridized carbons (Fsp3) is 0.400.